The topological polar surface area (TPSA) is 58.6 Å². The Balaban J connectivity index is 1.37. The molecule has 0 aromatic heterocycles. The van der Waals surface area contributed by atoms with E-state index >= 15 is 0 Å². The molecule has 0 spiro atoms. The molecule has 0 saturated heterocycles. The number of carbonyl (C=O) groups is 1. The second-order valence-electron chi connectivity index (χ2n) is 8.50. The Labute approximate surface area is 195 Å². The molecule has 1 heterocycles. The van der Waals surface area contributed by atoms with E-state index in [1.807, 2.05) is 42.5 Å². The van der Waals surface area contributed by atoms with Crippen molar-refractivity contribution in [2.24, 2.45) is 0 Å². The van der Waals surface area contributed by atoms with Crippen LogP contribution < -0.4 is 10.1 Å². The predicted octanol–water partition coefficient (Wildman–Crippen LogP) is 5.89. The number of nitrogens with one attached hydrogen (secondary N) is 1. The van der Waals surface area contributed by atoms with Crippen molar-refractivity contribution in [1.29, 1.82) is 0 Å². The molecule has 2 atom stereocenters. The quantitative estimate of drug-likeness (QED) is 0.378. The predicted molar refractivity (Wildman–Crippen MR) is 126 cm³/mol. The highest BCUT2D eigenvalue weighted by atomic mass is 19.1. The van der Waals surface area contributed by atoms with Crippen LogP contribution in [0.5, 0.6) is 5.75 Å². The molecular formula is C28H23F2NO3. The molecule has 0 saturated carbocycles. The van der Waals surface area contributed by atoms with Gasteiger partial charge in [-0.1, -0.05) is 60.7 Å². The number of hydrogen-bond donors (Lipinski definition) is 2. The number of rotatable bonds is 6. The lowest BCUT2D eigenvalue weighted by atomic mass is 9.83. The largest absolute Gasteiger partial charge is 0.489 e. The molecule has 6 heteroatoms. The molecule has 0 amide bonds. The Morgan fingerprint density at radius 2 is 1.68 bits per heavy atom. The summed E-state index contributed by atoms with van der Waals surface area (Å²) < 4.78 is 35.1. The maximum Gasteiger partial charge on any atom is 0.341 e. The van der Waals surface area contributed by atoms with Gasteiger partial charge >= 0.3 is 5.97 Å². The maximum atomic E-state index is 14.4. The third-order valence-corrected chi connectivity index (χ3v) is 6.33. The van der Waals surface area contributed by atoms with E-state index in [2.05, 4.69) is 29.6 Å². The zero-order chi connectivity index (χ0) is 23.7. The average molecular weight is 459 g/mol. The van der Waals surface area contributed by atoms with Gasteiger partial charge in [-0.05, 0) is 46.5 Å². The van der Waals surface area contributed by atoms with Crippen molar-refractivity contribution in [2.75, 3.05) is 6.54 Å². The third-order valence-electron chi connectivity index (χ3n) is 6.33. The molecule has 34 heavy (non-hydrogen) atoms. The van der Waals surface area contributed by atoms with Crippen molar-refractivity contribution in [1.82, 2.24) is 5.32 Å². The molecule has 2 unspecified atom stereocenters. The van der Waals surface area contributed by atoms with Gasteiger partial charge in [-0.15, -0.1) is 0 Å². The second kappa shape index (κ2) is 9.23. The smallest absolute Gasteiger partial charge is 0.341 e. The van der Waals surface area contributed by atoms with Crippen LogP contribution in [0.4, 0.5) is 8.78 Å². The van der Waals surface area contributed by atoms with Crippen LogP contribution in [0.15, 0.2) is 78.9 Å². The number of aromatic carboxylic acids is 1. The second-order valence-corrected chi connectivity index (χ2v) is 8.50. The van der Waals surface area contributed by atoms with Gasteiger partial charge in [-0.2, -0.15) is 0 Å². The Kier molecular flexibility index (Phi) is 5.99. The minimum Gasteiger partial charge on any atom is -0.489 e. The fourth-order valence-corrected chi connectivity index (χ4v) is 4.75. The molecule has 4 aromatic carbocycles. The average Bonchev–Trinajstić information content (AvgIpc) is 2.83. The van der Waals surface area contributed by atoms with Crippen molar-refractivity contribution in [2.45, 2.75) is 25.0 Å². The fraction of sp³-hybridized carbons (Fsp3) is 0.179. The molecule has 4 aromatic rings. The van der Waals surface area contributed by atoms with Crippen molar-refractivity contribution >= 4 is 16.7 Å². The van der Waals surface area contributed by atoms with Gasteiger partial charge in [0.15, 0.2) is 0 Å². The number of carboxylic acids is 1. The zero-order valence-corrected chi connectivity index (χ0v) is 18.3. The van der Waals surface area contributed by atoms with E-state index in [-0.39, 0.29) is 12.0 Å². The normalized spacial score (nSPS) is 17.2. The summed E-state index contributed by atoms with van der Waals surface area (Å²) in [6, 6.07) is 24.1. The highest BCUT2D eigenvalue weighted by Gasteiger charge is 2.31. The van der Waals surface area contributed by atoms with Gasteiger partial charge in [0.1, 0.15) is 29.1 Å². The van der Waals surface area contributed by atoms with Crippen LogP contribution in [0.2, 0.25) is 0 Å². The molecular weight excluding hydrogens is 436 g/mol. The number of carboxylic acid groups (broad SMARTS) is 1. The van der Waals surface area contributed by atoms with Gasteiger partial charge in [0.25, 0.3) is 0 Å². The molecule has 0 bridgehead atoms. The molecule has 172 valence electrons. The molecule has 0 aliphatic carbocycles. The van der Waals surface area contributed by atoms with Crippen LogP contribution in [-0.4, -0.2) is 23.7 Å². The number of para-hydroxylation sites is 1. The van der Waals surface area contributed by atoms with Crippen molar-refractivity contribution < 1.29 is 23.4 Å². The molecule has 0 fully saturated rings. The Morgan fingerprint density at radius 3 is 2.47 bits per heavy atom. The Morgan fingerprint density at radius 1 is 0.971 bits per heavy atom. The number of benzene rings is 4. The van der Waals surface area contributed by atoms with Gasteiger partial charge in [-0.3, -0.25) is 0 Å². The number of hydrogen-bond acceptors (Lipinski definition) is 3. The van der Waals surface area contributed by atoms with E-state index in [0.717, 1.165) is 17.7 Å². The minimum absolute atomic E-state index is 0.222. The highest BCUT2D eigenvalue weighted by molar-refractivity contribution is 5.88. The van der Waals surface area contributed by atoms with Crippen LogP contribution in [0.1, 0.15) is 39.4 Å². The number of fused-ring (bicyclic) bond motifs is 2. The van der Waals surface area contributed by atoms with Gasteiger partial charge in [0, 0.05) is 24.6 Å². The summed E-state index contributed by atoms with van der Waals surface area (Å²) >= 11 is 0. The van der Waals surface area contributed by atoms with E-state index in [1.165, 1.54) is 16.3 Å². The third kappa shape index (κ3) is 4.24. The number of halogens is 2. The first-order valence-electron chi connectivity index (χ1n) is 11.2. The summed E-state index contributed by atoms with van der Waals surface area (Å²) in [6.07, 6.45) is 0.283. The summed E-state index contributed by atoms with van der Waals surface area (Å²) in [5, 5.41) is 14.9. The molecule has 5 rings (SSSR count). The lowest BCUT2D eigenvalue weighted by Gasteiger charge is -2.33. The summed E-state index contributed by atoms with van der Waals surface area (Å²) in [5.74, 6) is -3.42. The van der Waals surface area contributed by atoms with E-state index in [0.29, 0.717) is 30.8 Å². The van der Waals surface area contributed by atoms with Crippen molar-refractivity contribution in [3.63, 3.8) is 0 Å². The van der Waals surface area contributed by atoms with Crippen LogP contribution >= 0.6 is 0 Å². The first kappa shape index (κ1) is 22.0. The summed E-state index contributed by atoms with van der Waals surface area (Å²) in [7, 11) is 0. The highest BCUT2D eigenvalue weighted by Crippen LogP contribution is 2.41. The lowest BCUT2D eigenvalue weighted by Crippen LogP contribution is -2.35. The van der Waals surface area contributed by atoms with Gasteiger partial charge in [-0.25, -0.2) is 13.6 Å². The first-order valence-corrected chi connectivity index (χ1v) is 11.2. The molecule has 4 nitrogen and oxygen atoms in total. The summed E-state index contributed by atoms with van der Waals surface area (Å²) in [6.45, 7) is 1.20. The monoisotopic (exact) mass is 459 g/mol. The van der Waals surface area contributed by atoms with E-state index in [9.17, 15) is 13.6 Å². The SMILES string of the molecule is O=C(O)c1c(F)cc(C2CC(CNCc3cccc4ccccc34)Oc3ccccc32)cc1F. The van der Waals surface area contributed by atoms with E-state index in [4.69, 9.17) is 9.84 Å². The zero-order valence-electron chi connectivity index (χ0n) is 18.3. The fourth-order valence-electron chi connectivity index (χ4n) is 4.75. The van der Waals surface area contributed by atoms with E-state index in [1.54, 1.807) is 0 Å². The summed E-state index contributed by atoms with van der Waals surface area (Å²) in [4.78, 5) is 11.2. The molecule has 2 N–H and O–H groups in total. The van der Waals surface area contributed by atoms with Crippen molar-refractivity contribution in [3.05, 3.63) is 113 Å². The lowest BCUT2D eigenvalue weighted by molar-refractivity contribution is 0.0686. The Hall–Kier alpha value is -3.77. The van der Waals surface area contributed by atoms with Gasteiger partial charge in [0.2, 0.25) is 0 Å². The molecule has 0 radical (unpaired) electrons. The minimum atomic E-state index is -1.62. The van der Waals surface area contributed by atoms with Crippen LogP contribution in [0.25, 0.3) is 10.8 Å². The first-order chi connectivity index (χ1) is 16.5. The summed E-state index contributed by atoms with van der Waals surface area (Å²) in [5.41, 5.74) is 1.47. The van der Waals surface area contributed by atoms with Crippen molar-refractivity contribution in [3.8, 4) is 5.75 Å². The molecule has 1 aliphatic heterocycles. The van der Waals surface area contributed by atoms with Gasteiger partial charge < -0.3 is 15.2 Å². The van der Waals surface area contributed by atoms with E-state index < -0.39 is 23.2 Å². The standard InChI is InChI=1S/C28H23F2NO3/c29-24-12-19(13-25(30)27(24)28(32)33)23-14-20(34-26-11-4-3-10-22(23)26)16-31-15-18-8-5-7-17-6-1-2-9-21(17)18/h1-13,20,23,31H,14-16H2,(H,32,33). The van der Waals surface area contributed by atoms with Crippen LogP contribution in [0.3, 0.4) is 0 Å². The number of ether oxygens (including phenoxy) is 1. The van der Waals surface area contributed by atoms with Gasteiger partial charge in [0.05, 0.1) is 0 Å². The van der Waals surface area contributed by atoms with Crippen LogP contribution in [0, 0.1) is 11.6 Å². The molecule has 1 aliphatic rings. The maximum absolute atomic E-state index is 14.4. The Bertz CT molecular complexity index is 1340. The van der Waals surface area contributed by atoms with Crippen LogP contribution in [-0.2, 0) is 6.54 Å².